The molecule has 33 heavy (non-hydrogen) atoms. The number of nitrogens with zero attached hydrogens (tertiary/aromatic N) is 5. The van der Waals surface area contributed by atoms with Gasteiger partial charge in [-0.25, -0.2) is 4.98 Å². The molecule has 2 saturated heterocycles. The molecule has 4 heterocycles. The highest BCUT2D eigenvalue weighted by atomic mass is 19.3. The lowest BCUT2D eigenvalue weighted by atomic mass is 9.89. The van der Waals surface area contributed by atoms with Gasteiger partial charge in [-0.15, -0.1) is 0 Å². The Morgan fingerprint density at radius 3 is 2.55 bits per heavy atom. The summed E-state index contributed by atoms with van der Waals surface area (Å²) in [5, 5.41) is 4.21. The summed E-state index contributed by atoms with van der Waals surface area (Å²) in [5.41, 5.74) is 5.60. The number of benzene rings is 1. The molecule has 2 amide bonds. The van der Waals surface area contributed by atoms with Crippen LogP contribution in [0.2, 0.25) is 0 Å². The molecular formula is C23H25FN6O3. The van der Waals surface area contributed by atoms with Crippen molar-refractivity contribution >= 4 is 23.3 Å². The summed E-state index contributed by atoms with van der Waals surface area (Å²) in [5.74, 6) is -0.200. The van der Waals surface area contributed by atoms with E-state index in [2.05, 4.69) is 15.0 Å². The molecule has 0 spiro atoms. The summed E-state index contributed by atoms with van der Waals surface area (Å²) in [6, 6.07) is 13.1. The topological polar surface area (TPSA) is 106 Å². The van der Waals surface area contributed by atoms with Gasteiger partial charge in [-0.2, -0.15) is 14.6 Å². The number of nitrogens with two attached hydrogens (primary N) is 1. The molecule has 2 aliphatic heterocycles. The SMILES string of the molecule is NC(=O)c1ccc(N2CCC(OF)(C(=O)N3CCCC3c3ccccc3)CC2)n2ncnc12. The molecule has 2 fully saturated rings. The summed E-state index contributed by atoms with van der Waals surface area (Å²) >= 11 is 0. The highest BCUT2D eigenvalue weighted by molar-refractivity contribution is 5.99. The van der Waals surface area contributed by atoms with Gasteiger partial charge in [0.1, 0.15) is 12.1 Å². The van der Waals surface area contributed by atoms with E-state index in [0.717, 1.165) is 18.4 Å². The fraction of sp³-hybridized carbons (Fsp3) is 0.391. The molecule has 3 aromatic rings. The van der Waals surface area contributed by atoms with Crippen LogP contribution in [0.3, 0.4) is 0 Å². The van der Waals surface area contributed by atoms with E-state index < -0.39 is 11.5 Å². The average molecular weight is 452 g/mol. The molecule has 5 rings (SSSR count). The molecule has 0 radical (unpaired) electrons. The molecule has 1 aromatic carbocycles. The highest BCUT2D eigenvalue weighted by Gasteiger charge is 2.49. The van der Waals surface area contributed by atoms with Gasteiger partial charge >= 0.3 is 0 Å². The van der Waals surface area contributed by atoms with Crippen molar-refractivity contribution in [1.29, 1.82) is 0 Å². The number of fused-ring (bicyclic) bond motifs is 1. The Morgan fingerprint density at radius 2 is 1.85 bits per heavy atom. The first-order chi connectivity index (χ1) is 16.0. The maximum absolute atomic E-state index is 14.0. The third-order valence-corrected chi connectivity index (χ3v) is 6.80. The number of halogens is 1. The molecule has 0 saturated carbocycles. The van der Waals surface area contributed by atoms with Crippen molar-refractivity contribution in [2.45, 2.75) is 37.3 Å². The molecule has 0 aliphatic carbocycles. The van der Waals surface area contributed by atoms with E-state index in [1.807, 2.05) is 35.2 Å². The lowest BCUT2D eigenvalue weighted by molar-refractivity contribution is -0.244. The van der Waals surface area contributed by atoms with E-state index in [4.69, 9.17) is 5.73 Å². The summed E-state index contributed by atoms with van der Waals surface area (Å²) in [4.78, 5) is 37.5. The largest absolute Gasteiger partial charge is 0.365 e. The molecule has 2 aromatic heterocycles. The fourth-order valence-corrected chi connectivity index (χ4v) is 5.04. The molecule has 0 bridgehead atoms. The van der Waals surface area contributed by atoms with E-state index in [1.54, 1.807) is 17.0 Å². The summed E-state index contributed by atoms with van der Waals surface area (Å²) in [6.07, 6.45) is 3.45. The lowest BCUT2D eigenvalue weighted by Gasteiger charge is -2.41. The third-order valence-electron chi connectivity index (χ3n) is 6.80. The molecular weight excluding hydrogens is 427 g/mol. The predicted octanol–water partition coefficient (Wildman–Crippen LogP) is 2.43. The van der Waals surface area contributed by atoms with E-state index in [0.29, 0.717) is 31.1 Å². The number of amides is 2. The quantitative estimate of drug-likeness (QED) is 0.637. The standard InChI is InChI=1S/C23H25FN6O3/c24-33-23(22(32)29-12-4-7-18(29)16-5-2-1-3-6-16)10-13-28(14-11-23)19-9-8-17(20(25)31)21-26-15-27-30(19)21/h1-3,5-6,8-9,15,18H,4,7,10-14H2,(H2,25,31). The smallest absolute Gasteiger partial charge is 0.259 e. The van der Waals surface area contributed by atoms with Gasteiger partial charge < -0.3 is 15.5 Å². The van der Waals surface area contributed by atoms with Crippen molar-refractivity contribution in [2.75, 3.05) is 24.5 Å². The van der Waals surface area contributed by atoms with E-state index >= 15 is 0 Å². The van der Waals surface area contributed by atoms with Crippen LogP contribution in [-0.2, 0) is 9.74 Å². The van der Waals surface area contributed by atoms with Crippen molar-refractivity contribution < 1.29 is 19.1 Å². The predicted molar refractivity (Wildman–Crippen MR) is 118 cm³/mol. The van der Waals surface area contributed by atoms with Gasteiger partial charge in [0.05, 0.1) is 11.6 Å². The van der Waals surface area contributed by atoms with Crippen molar-refractivity contribution in [3.05, 3.63) is 59.9 Å². The molecule has 2 aliphatic rings. The van der Waals surface area contributed by atoms with E-state index in [1.165, 1.54) is 10.8 Å². The highest BCUT2D eigenvalue weighted by Crippen LogP contribution is 2.38. The van der Waals surface area contributed by atoms with Gasteiger partial charge in [-0.1, -0.05) is 30.3 Å². The Morgan fingerprint density at radius 1 is 1.09 bits per heavy atom. The Hall–Kier alpha value is -3.53. The number of likely N-dealkylation sites (tertiary alicyclic amines) is 1. The Labute approximate surface area is 189 Å². The van der Waals surface area contributed by atoms with Gasteiger partial charge in [0.25, 0.3) is 11.8 Å². The van der Waals surface area contributed by atoms with Gasteiger partial charge in [0, 0.05) is 32.5 Å². The van der Waals surface area contributed by atoms with Crippen LogP contribution >= 0.6 is 0 Å². The second kappa shape index (κ2) is 8.43. The van der Waals surface area contributed by atoms with Crippen LogP contribution < -0.4 is 10.6 Å². The van der Waals surface area contributed by atoms with E-state index in [9.17, 15) is 14.1 Å². The summed E-state index contributed by atoms with van der Waals surface area (Å²) in [6.45, 7) is 1.34. The van der Waals surface area contributed by atoms with Crippen molar-refractivity contribution in [1.82, 2.24) is 19.5 Å². The minimum absolute atomic E-state index is 0.0696. The number of anilines is 1. The van der Waals surface area contributed by atoms with Crippen LogP contribution in [-0.4, -0.2) is 56.5 Å². The first-order valence-corrected chi connectivity index (χ1v) is 11.1. The van der Waals surface area contributed by atoms with Crippen LogP contribution in [0.4, 0.5) is 10.3 Å². The van der Waals surface area contributed by atoms with Crippen LogP contribution in [0, 0.1) is 0 Å². The number of piperidine rings is 1. The number of primary amides is 1. The molecule has 1 atom stereocenters. The number of hydrogen-bond acceptors (Lipinski definition) is 6. The number of rotatable bonds is 5. The number of carbonyl (C=O) groups excluding carboxylic acids is 2. The van der Waals surface area contributed by atoms with Gasteiger partial charge in [0.15, 0.2) is 11.2 Å². The molecule has 1 unspecified atom stereocenters. The Kier molecular flexibility index (Phi) is 5.45. The van der Waals surface area contributed by atoms with Gasteiger partial charge in [0.2, 0.25) is 0 Å². The van der Waals surface area contributed by atoms with Crippen molar-refractivity contribution in [2.24, 2.45) is 5.73 Å². The maximum atomic E-state index is 14.0. The second-order valence-corrected chi connectivity index (χ2v) is 8.59. The van der Waals surface area contributed by atoms with Crippen LogP contribution in [0.15, 0.2) is 48.8 Å². The zero-order valence-corrected chi connectivity index (χ0v) is 18.1. The van der Waals surface area contributed by atoms with Crippen molar-refractivity contribution in [3.63, 3.8) is 0 Å². The van der Waals surface area contributed by atoms with Crippen LogP contribution in [0.25, 0.3) is 5.65 Å². The summed E-state index contributed by atoms with van der Waals surface area (Å²) < 4.78 is 15.5. The number of aromatic nitrogens is 3. The van der Waals surface area contributed by atoms with Gasteiger partial charge in [-0.05, 0) is 35.1 Å². The fourth-order valence-electron chi connectivity index (χ4n) is 5.04. The van der Waals surface area contributed by atoms with Crippen LogP contribution in [0.1, 0.15) is 47.6 Å². The summed E-state index contributed by atoms with van der Waals surface area (Å²) in [7, 11) is 0. The number of pyridine rings is 1. The first-order valence-electron chi connectivity index (χ1n) is 11.1. The zero-order valence-electron chi connectivity index (χ0n) is 18.1. The molecule has 2 N–H and O–H groups in total. The maximum Gasteiger partial charge on any atom is 0.259 e. The third kappa shape index (κ3) is 3.60. The Balaban J connectivity index is 1.36. The average Bonchev–Trinajstić information content (AvgIpc) is 3.54. The molecule has 9 nitrogen and oxygen atoms in total. The van der Waals surface area contributed by atoms with Gasteiger partial charge in [-0.3, -0.25) is 9.59 Å². The molecule has 172 valence electrons. The number of carbonyl (C=O) groups is 2. The Bertz CT molecular complexity index is 1180. The second-order valence-electron chi connectivity index (χ2n) is 8.59. The number of hydrogen-bond donors (Lipinski definition) is 1. The minimum Gasteiger partial charge on any atom is -0.365 e. The first kappa shape index (κ1) is 21.3. The zero-order chi connectivity index (χ0) is 23.0. The normalized spacial score (nSPS) is 20.3. The van der Waals surface area contributed by atoms with E-state index in [-0.39, 0.29) is 30.4 Å². The monoisotopic (exact) mass is 452 g/mol. The minimum atomic E-state index is -1.51. The lowest BCUT2D eigenvalue weighted by Crippen LogP contribution is -2.55. The van der Waals surface area contributed by atoms with Crippen molar-refractivity contribution in [3.8, 4) is 0 Å². The molecule has 10 heteroatoms. The van der Waals surface area contributed by atoms with Crippen LogP contribution in [0.5, 0.6) is 0 Å².